The third-order valence-corrected chi connectivity index (χ3v) is 1.79. The fourth-order valence-electron chi connectivity index (χ4n) is 1.12. The number of phenols is 1. The second-order valence-corrected chi connectivity index (χ2v) is 2.75. The average Bonchev–Trinajstić information content (AvgIpc) is 2.26. The van der Waals surface area contributed by atoms with Crippen molar-refractivity contribution in [2.24, 2.45) is 5.16 Å². The fraction of sp³-hybridized carbons (Fsp3) is 0.200. The normalized spacial score (nSPS) is 11.1. The third kappa shape index (κ3) is 2.28. The molecule has 16 heavy (non-hydrogen) atoms. The molecule has 1 aromatic carbocycles. The number of halogens is 1. The first-order valence-electron chi connectivity index (χ1n) is 4.29. The molecule has 0 atom stereocenters. The van der Waals surface area contributed by atoms with E-state index < -0.39 is 23.2 Å². The molecule has 0 bridgehead atoms. The molecule has 6 heteroatoms. The van der Waals surface area contributed by atoms with Crippen molar-refractivity contribution in [1.82, 2.24) is 0 Å². The van der Waals surface area contributed by atoms with Crippen molar-refractivity contribution >= 4 is 11.7 Å². The zero-order chi connectivity index (χ0) is 12.1. The molecular formula is C10H10FNO4. The number of hydrogen-bond donors (Lipinski definition) is 1. The third-order valence-electron chi connectivity index (χ3n) is 1.79. The number of carbonyl (C=O) groups is 1. The Hall–Kier alpha value is -2.11. The number of esters is 1. The van der Waals surface area contributed by atoms with Crippen LogP contribution >= 0.6 is 0 Å². The molecule has 1 aromatic rings. The minimum atomic E-state index is -0.901. The van der Waals surface area contributed by atoms with Crippen LogP contribution in [0, 0.1) is 5.82 Å². The van der Waals surface area contributed by atoms with Crippen LogP contribution in [0.4, 0.5) is 4.39 Å². The summed E-state index contributed by atoms with van der Waals surface area (Å²) in [5.41, 5.74) is -0.781. The lowest BCUT2D eigenvalue weighted by Gasteiger charge is -2.06. The summed E-state index contributed by atoms with van der Waals surface area (Å²) < 4.78 is 17.8. The lowest BCUT2D eigenvalue weighted by Crippen LogP contribution is -2.19. The van der Waals surface area contributed by atoms with Crippen molar-refractivity contribution < 1.29 is 23.9 Å². The molecule has 0 spiro atoms. The predicted molar refractivity (Wildman–Crippen MR) is 53.6 cm³/mol. The van der Waals surface area contributed by atoms with Gasteiger partial charge in [-0.2, -0.15) is 0 Å². The van der Waals surface area contributed by atoms with Gasteiger partial charge in [-0.3, -0.25) is 0 Å². The topological polar surface area (TPSA) is 68.1 Å². The molecule has 86 valence electrons. The van der Waals surface area contributed by atoms with Crippen molar-refractivity contribution in [2.75, 3.05) is 14.2 Å². The summed E-state index contributed by atoms with van der Waals surface area (Å²) in [5, 5.41) is 12.8. The highest BCUT2D eigenvalue weighted by atomic mass is 19.1. The summed E-state index contributed by atoms with van der Waals surface area (Å²) in [6, 6.07) is 3.62. The van der Waals surface area contributed by atoms with Gasteiger partial charge in [-0.15, -0.1) is 0 Å². The fourth-order valence-corrected chi connectivity index (χ4v) is 1.12. The van der Waals surface area contributed by atoms with Gasteiger partial charge in [-0.05, 0) is 12.1 Å². The molecule has 0 fully saturated rings. The molecule has 0 saturated heterocycles. The maximum absolute atomic E-state index is 13.4. The van der Waals surface area contributed by atoms with E-state index in [1.165, 1.54) is 19.2 Å². The number of hydrogen-bond acceptors (Lipinski definition) is 5. The molecule has 5 nitrogen and oxygen atoms in total. The van der Waals surface area contributed by atoms with E-state index in [9.17, 15) is 14.3 Å². The van der Waals surface area contributed by atoms with Gasteiger partial charge >= 0.3 is 5.97 Å². The molecule has 1 N–H and O–H groups in total. The summed E-state index contributed by atoms with van der Waals surface area (Å²) in [6.45, 7) is 0. The van der Waals surface area contributed by atoms with Gasteiger partial charge < -0.3 is 14.7 Å². The summed E-state index contributed by atoms with van der Waals surface area (Å²) in [4.78, 5) is 15.7. The summed E-state index contributed by atoms with van der Waals surface area (Å²) in [6.07, 6.45) is 0. The van der Waals surface area contributed by atoms with E-state index in [1.54, 1.807) is 0 Å². The van der Waals surface area contributed by atoms with Crippen LogP contribution in [0.15, 0.2) is 23.4 Å². The van der Waals surface area contributed by atoms with Crippen LogP contribution in [0.2, 0.25) is 0 Å². The Morgan fingerprint density at radius 1 is 1.44 bits per heavy atom. The quantitative estimate of drug-likeness (QED) is 0.476. The highest BCUT2D eigenvalue weighted by Crippen LogP contribution is 2.21. The number of aromatic hydroxyl groups is 1. The average molecular weight is 227 g/mol. The van der Waals surface area contributed by atoms with Gasteiger partial charge in [0.25, 0.3) is 0 Å². The molecular weight excluding hydrogens is 217 g/mol. The standard InChI is InChI=1S/C10H10FNO4/c1-15-10(14)9(12-16-2)8-6(11)4-3-5-7(8)13/h3-5,13H,1-2H3. The number of carbonyl (C=O) groups excluding carboxylic acids is 1. The Bertz CT molecular complexity index is 411. The number of nitrogens with zero attached hydrogens (tertiary/aromatic N) is 1. The zero-order valence-corrected chi connectivity index (χ0v) is 8.73. The molecule has 1 rings (SSSR count). The maximum atomic E-state index is 13.4. The number of oxime groups is 1. The van der Waals surface area contributed by atoms with E-state index in [4.69, 9.17) is 0 Å². The second-order valence-electron chi connectivity index (χ2n) is 2.75. The van der Waals surface area contributed by atoms with E-state index in [1.807, 2.05) is 0 Å². The van der Waals surface area contributed by atoms with Gasteiger partial charge in [-0.1, -0.05) is 11.2 Å². The van der Waals surface area contributed by atoms with Crippen LogP contribution in [-0.4, -0.2) is 31.0 Å². The van der Waals surface area contributed by atoms with E-state index in [-0.39, 0.29) is 5.56 Å². The lowest BCUT2D eigenvalue weighted by molar-refractivity contribution is -0.132. The van der Waals surface area contributed by atoms with E-state index in [2.05, 4.69) is 14.7 Å². The number of methoxy groups -OCH3 is 1. The molecule has 0 aliphatic rings. The van der Waals surface area contributed by atoms with Gasteiger partial charge in [0.2, 0.25) is 5.71 Å². The molecule has 0 aliphatic carbocycles. The van der Waals surface area contributed by atoms with Crippen LogP contribution in [0.3, 0.4) is 0 Å². The first-order valence-corrected chi connectivity index (χ1v) is 4.29. The Morgan fingerprint density at radius 2 is 2.12 bits per heavy atom. The van der Waals surface area contributed by atoms with Gasteiger partial charge in [0.05, 0.1) is 12.7 Å². The Labute approximate surface area is 91.1 Å². The smallest absolute Gasteiger partial charge is 0.361 e. The van der Waals surface area contributed by atoms with Crippen LogP contribution < -0.4 is 0 Å². The van der Waals surface area contributed by atoms with Crippen molar-refractivity contribution in [3.8, 4) is 5.75 Å². The largest absolute Gasteiger partial charge is 0.507 e. The highest BCUT2D eigenvalue weighted by Gasteiger charge is 2.23. The molecule has 0 amide bonds. The predicted octanol–water partition coefficient (Wildman–Crippen LogP) is 1.05. The molecule has 0 saturated carbocycles. The summed E-state index contributed by atoms with van der Waals surface area (Å²) in [5.74, 6) is -2.11. The molecule has 0 heterocycles. The van der Waals surface area contributed by atoms with Crippen molar-refractivity contribution in [3.63, 3.8) is 0 Å². The number of ether oxygens (including phenoxy) is 1. The van der Waals surface area contributed by atoms with E-state index in [0.29, 0.717) is 0 Å². The van der Waals surface area contributed by atoms with Crippen molar-refractivity contribution in [3.05, 3.63) is 29.6 Å². The molecule has 0 radical (unpaired) electrons. The minimum absolute atomic E-state index is 0.351. The molecule has 0 unspecified atom stereocenters. The van der Waals surface area contributed by atoms with Crippen LogP contribution in [0.1, 0.15) is 5.56 Å². The monoisotopic (exact) mass is 227 g/mol. The Balaban J connectivity index is 3.32. The minimum Gasteiger partial charge on any atom is -0.507 e. The summed E-state index contributed by atoms with van der Waals surface area (Å²) in [7, 11) is 2.31. The maximum Gasteiger partial charge on any atom is 0.361 e. The van der Waals surface area contributed by atoms with Crippen molar-refractivity contribution in [1.29, 1.82) is 0 Å². The van der Waals surface area contributed by atoms with Gasteiger partial charge in [0, 0.05) is 0 Å². The Kier molecular flexibility index (Phi) is 3.82. The van der Waals surface area contributed by atoms with Crippen molar-refractivity contribution in [2.45, 2.75) is 0 Å². The first kappa shape index (κ1) is 12.0. The zero-order valence-electron chi connectivity index (χ0n) is 8.73. The van der Waals surface area contributed by atoms with Gasteiger partial charge in [0.1, 0.15) is 18.7 Å². The number of phenolic OH excluding ortho intramolecular Hbond substituents is 1. The highest BCUT2D eigenvalue weighted by molar-refractivity contribution is 6.43. The number of rotatable bonds is 3. The van der Waals surface area contributed by atoms with Crippen LogP contribution in [0.5, 0.6) is 5.75 Å². The number of benzene rings is 1. The van der Waals surface area contributed by atoms with Crippen LogP contribution in [0.25, 0.3) is 0 Å². The van der Waals surface area contributed by atoms with E-state index >= 15 is 0 Å². The first-order chi connectivity index (χ1) is 7.61. The Morgan fingerprint density at radius 3 is 2.62 bits per heavy atom. The van der Waals surface area contributed by atoms with Gasteiger partial charge in [-0.25, -0.2) is 9.18 Å². The SMILES string of the molecule is CON=C(C(=O)OC)c1c(O)cccc1F. The lowest BCUT2D eigenvalue weighted by atomic mass is 10.1. The second kappa shape index (κ2) is 5.11. The van der Waals surface area contributed by atoms with E-state index in [0.717, 1.165) is 13.2 Å². The summed E-state index contributed by atoms with van der Waals surface area (Å²) >= 11 is 0. The molecule has 0 aromatic heterocycles. The molecule has 0 aliphatic heterocycles. The van der Waals surface area contributed by atoms with Crippen LogP contribution in [-0.2, 0) is 14.4 Å². The van der Waals surface area contributed by atoms with Gasteiger partial charge in [0.15, 0.2) is 0 Å².